The molecule has 33 heavy (non-hydrogen) atoms. The monoisotopic (exact) mass is 514 g/mol. The van der Waals surface area contributed by atoms with Gasteiger partial charge >= 0.3 is 0 Å². The van der Waals surface area contributed by atoms with Crippen molar-refractivity contribution in [1.82, 2.24) is 19.2 Å². The fourth-order valence-electron chi connectivity index (χ4n) is 3.34. The van der Waals surface area contributed by atoms with Gasteiger partial charge in [0.15, 0.2) is 0 Å². The Bertz CT molecular complexity index is 1470. The van der Waals surface area contributed by atoms with Crippen LogP contribution in [-0.4, -0.2) is 24.9 Å². The minimum absolute atomic E-state index is 0.771. The average Bonchev–Trinajstić information content (AvgIpc) is 3.51. The SMILES string of the molecule is CC(=Nn1c(-c2cccc(Br)c2)csc1=Nc1cccnc1)c1ccc(-n2ccnc2)cc1. The Hall–Kier alpha value is -3.62. The van der Waals surface area contributed by atoms with Crippen LogP contribution in [0.15, 0.2) is 112 Å². The highest BCUT2D eigenvalue weighted by molar-refractivity contribution is 9.10. The van der Waals surface area contributed by atoms with Crippen LogP contribution in [0.25, 0.3) is 16.9 Å². The van der Waals surface area contributed by atoms with Crippen molar-refractivity contribution in [3.63, 3.8) is 0 Å². The molecule has 5 aromatic rings. The number of hydrogen-bond acceptors (Lipinski definition) is 5. The Labute approximate surface area is 203 Å². The van der Waals surface area contributed by atoms with E-state index in [0.717, 1.165) is 43.2 Å². The van der Waals surface area contributed by atoms with Crippen LogP contribution in [0.1, 0.15) is 12.5 Å². The summed E-state index contributed by atoms with van der Waals surface area (Å²) in [5.41, 5.74) is 5.78. The molecule has 5 rings (SSSR count). The summed E-state index contributed by atoms with van der Waals surface area (Å²) in [6.45, 7) is 2.01. The van der Waals surface area contributed by atoms with Gasteiger partial charge < -0.3 is 4.57 Å². The summed E-state index contributed by atoms with van der Waals surface area (Å²) in [6.07, 6.45) is 8.96. The van der Waals surface area contributed by atoms with Crippen molar-refractivity contribution in [1.29, 1.82) is 0 Å². The van der Waals surface area contributed by atoms with Gasteiger partial charge in [-0.25, -0.2) is 14.7 Å². The van der Waals surface area contributed by atoms with Crippen LogP contribution in [0.3, 0.4) is 0 Å². The topological polar surface area (TPSA) is 60.4 Å². The molecule has 0 N–H and O–H groups in total. The molecule has 0 saturated carbocycles. The lowest BCUT2D eigenvalue weighted by atomic mass is 10.1. The molecule has 0 atom stereocenters. The molecular weight excluding hydrogens is 496 g/mol. The predicted octanol–water partition coefficient (Wildman–Crippen LogP) is 6.06. The summed E-state index contributed by atoms with van der Waals surface area (Å²) >= 11 is 5.12. The number of hydrogen-bond donors (Lipinski definition) is 0. The maximum atomic E-state index is 4.98. The summed E-state index contributed by atoms with van der Waals surface area (Å²) in [5, 5.41) is 7.06. The van der Waals surface area contributed by atoms with Gasteiger partial charge in [-0.1, -0.05) is 40.2 Å². The summed E-state index contributed by atoms with van der Waals surface area (Å²) in [5.74, 6) is 0. The lowest BCUT2D eigenvalue weighted by Crippen LogP contribution is -2.13. The van der Waals surface area contributed by atoms with Gasteiger partial charge in [-0.3, -0.25) is 4.98 Å². The minimum Gasteiger partial charge on any atom is -0.306 e. The van der Waals surface area contributed by atoms with Gasteiger partial charge in [-0.15, -0.1) is 11.3 Å². The first-order chi connectivity index (χ1) is 16.2. The minimum atomic E-state index is 0.771. The number of pyridine rings is 1. The lowest BCUT2D eigenvalue weighted by molar-refractivity contribution is 0.847. The molecule has 8 heteroatoms. The Morgan fingerprint density at radius 3 is 2.61 bits per heavy atom. The van der Waals surface area contributed by atoms with Gasteiger partial charge in [-0.2, -0.15) is 5.10 Å². The van der Waals surface area contributed by atoms with Gasteiger partial charge in [0.1, 0.15) is 0 Å². The maximum absolute atomic E-state index is 4.98. The molecule has 0 amide bonds. The van der Waals surface area contributed by atoms with Crippen molar-refractivity contribution in [2.75, 3.05) is 0 Å². The van der Waals surface area contributed by atoms with E-state index in [2.05, 4.69) is 67.7 Å². The van der Waals surface area contributed by atoms with E-state index in [1.807, 2.05) is 46.6 Å². The molecule has 0 aliphatic carbocycles. The summed E-state index contributed by atoms with van der Waals surface area (Å²) in [7, 11) is 0. The highest BCUT2D eigenvalue weighted by atomic mass is 79.9. The normalized spacial score (nSPS) is 12.3. The zero-order valence-electron chi connectivity index (χ0n) is 17.7. The van der Waals surface area contributed by atoms with Gasteiger partial charge in [-0.05, 0) is 48.9 Å². The first-order valence-electron chi connectivity index (χ1n) is 10.2. The number of thiazole rings is 1. The summed E-state index contributed by atoms with van der Waals surface area (Å²) in [4.78, 5) is 13.9. The first-order valence-corrected chi connectivity index (χ1v) is 11.9. The van der Waals surface area contributed by atoms with Crippen LogP contribution in [0.5, 0.6) is 0 Å². The highest BCUT2D eigenvalue weighted by Crippen LogP contribution is 2.24. The molecule has 0 saturated heterocycles. The second-order valence-electron chi connectivity index (χ2n) is 7.25. The van der Waals surface area contributed by atoms with E-state index in [0.29, 0.717) is 0 Å². The van der Waals surface area contributed by atoms with Crippen molar-refractivity contribution in [3.8, 4) is 16.9 Å². The quantitative estimate of drug-likeness (QED) is 0.267. The Morgan fingerprint density at radius 1 is 1.00 bits per heavy atom. The molecular formula is C25H19BrN6S. The molecule has 0 bridgehead atoms. The summed E-state index contributed by atoms with van der Waals surface area (Å²) < 4.78 is 4.89. The van der Waals surface area contributed by atoms with E-state index in [-0.39, 0.29) is 0 Å². The molecule has 0 aliphatic heterocycles. The third kappa shape index (κ3) is 4.76. The molecule has 3 aromatic heterocycles. The average molecular weight is 515 g/mol. The zero-order chi connectivity index (χ0) is 22.6. The van der Waals surface area contributed by atoms with E-state index >= 15 is 0 Å². The fourth-order valence-corrected chi connectivity index (χ4v) is 4.59. The standard InChI is InChI=1S/C25H19BrN6S/c1-18(19-7-9-23(10-8-19)31-13-12-28-17-31)30-32-24(20-4-2-5-21(26)14-20)16-33-25(32)29-22-6-3-11-27-15-22/h2-17H,1H3. The van der Waals surface area contributed by atoms with Gasteiger partial charge in [0.25, 0.3) is 0 Å². The third-order valence-electron chi connectivity index (χ3n) is 5.01. The molecule has 2 aromatic carbocycles. The van der Waals surface area contributed by atoms with E-state index in [9.17, 15) is 0 Å². The summed E-state index contributed by atoms with van der Waals surface area (Å²) in [6, 6.07) is 20.2. The van der Waals surface area contributed by atoms with Crippen LogP contribution < -0.4 is 4.80 Å². The molecule has 0 spiro atoms. The predicted molar refractivity (Wildman–Crippen MR) is 136 cm³/mol. The van der Waals surface area contributed by atoms with Crippen LogP contribution in [0.4, 0.5) is 5.69 Å². The van der Waals surface area contributed by atoms with Crippen LogP contribution >= 0.6 is 27.3 Å². The van der Waals surface area contributed by atoms with Crippen LogP contribution in [0.2, 0.25) is 0 Å². The van der Waals surface area contributed by atoms with Crippen molar-refractivity contribution < 1.29 is 0 Å². The lowest BCUT2D eigenvalue weighted by Gasteiger charge is -2.08. The number of rotatable bonds is 5. The fraction of sp³-hybridized carbons (Fsp3) is 0.0400. The Morgan fingerprint density at radius 2 is 1.88 bits per heavy atom. The molecule has 162 valence electrons. The van der Waals surface area contributed by atoms with E-state index in [1.54, 1.807) is 36.3 Å². The molecule has 0 unspecified atom stereocenters. The third-order valence-corrected chi connectivity index (χ3v) is 6.32. The Balaban J connectivity index is 1.60. The molecule has 6 nitrogen and oxygen atoms in total. The number of aromatic nitrogens is 4. The van der Waals surface area contributed by atoms with Gasteiger partial charge in [0, 0.05) is 39.7 Å². The molecule has 0 aliphatic rings. The Kier molecular flexibility index (Phi) is 6.10. The molecule has 0 radical (unpaired) electrons. The number of imidazole rings is 1. The number of halogens is 1. The van der Waals surface area contributed by atoms with Crippen molar-refractivity contribution in [2.45, 2.75) is 6.92 Å². The largest absolute Gasteiger partial charge is 0.306 e. The van der Waals surface area contributed by atoms with Gasteiger partial charge in [0.05, 0.1) is 29.6 Å². The maximum Gasteiger partial charge on any atom is 0.211 e. The second-order valence-corrected chi connectivity index (χ2v) is 9.00. The van der Waals surface area contributed by atoms with Crippen molar-refractivity contribution >= 4 is 38.7 Å². The van der Waals surface area contributed by atoms with Crippen LogP contribution in [0, 0.1) is 0 Å². The van der Waals surface area contributed by atoms with Crippen LogP contribution in [-0.2, 0) is 0 Å². The number of nitrogens with zero attached hydrogens (tertiary/aromatic N) is 6. The highest BCUT2D eigenvalue weighted by Gasteiger charge is 2.10. The van der Waals surface area contributed by atoms with E-state index < -0.39 is 0 Å². The molecule has 3 heterocycles. The zero-order valence-corrected chi connectivity index (χ0v) is 20.1. The second kappa shape index (κ2) is 9.48. The van der Waals surface area contributed by atoms with Gasteiger partial charge in [0.2, 0.25) is 4.80 Å². The number of benzene rings is 2. The van der Waals surface area contributed by atoms with E-state index in [4.69, 9.17) is 10.1 Å². The van der Waals surface area contributed by atoms with Crippen molar-refractivity contribution in [2.24, 2.45) is 10.1 Å². The van der Waals surface area contributed by atoms with E-state index in [1.165, 1.54) is 0 Å². The smallest absolute Gasteiger partial charge is 0.211 e. The first kappa shape index (κ1) is 21.2. The van der Waals surface area contributed by atoms with Crippen molar-refractivity contribution in [3.05, 3.63) is 112 Å². The molecule has 0 fully saturated rings.